The predicted octanol–water partition coefficient (Wildman–Crippen LogP) is 3.76. The number of nitrogens with one attached hydrogen (secondary N) is 2. The number of ether oxygens (including phenoxy) is 1. The summed E-state index contributed by atoms with van der Waals surface area (Å²) in [6.07, 6.45) is 5.71. The number of esters is 1. The van der Waals surface area contributed by atoms with Crippen molar-refractivity contribution in [3.05, 3.63) is 17.5 Å². The second kappa shape index (κ2) is 11.7. The molecule has 0 radical (unpaired) electrons. The van der Waals surface area contributed by atoms with Gasteiger partial charge in [0.05, 0.1) is 18.2 Å². The molecule has 1 aromatic rings. The van der Waals surface area contributed by atoms with Gasteiger partial charge in [0.2, 0.25) is 0 Å². The zero-order valence-electron chi connectivity index (χ0n) is 17.8. The Morgan fingerprint density at radius 3 is 2.57 bits per heavy atom. The van der Waals surface area contributed by atoms with Gasteiger partial charge >= 0.3 is 5.97 Å². The fourth-order valence-electron chi connectivity index (χ4n) is 3.71. The van der Waals surface area contributed by atoms with Crippen LogP contribution in [0.5, 0.6) is 0 Å². The summed E-state index contributed by atoms with van der Waals surface area (Å²) in [5.74, 6) is 1.99. The minimum atomic E-state index is -0.0555. The molecule has 0 saturated heterocycles. The van der Waals surface area contributed by atoms with Crippen LogP contribution in [0.15, 0.2) is 15.6 Å². The highest BCUT2D eigenvalue weighted by Gasteiger charge is 2.27. The Bertz CT molecular complexity index is 617. The second-order valence-electron chi connectivity index (χ2n) is 7.37. The zero-order valence-corrected chi connectivity index (χ0v) is 17.8. The molecule has 0 amide bonds. The second-order valence-corrected chi connectivity index (χ2v) is 7.37. The van der Waals surface area contributed by atoms with Gasteiger partial charge < -0.3 is 19.9 Å². The van der Waals surface area contributed by atoms with Crippen LogP contribution in [0.3, 0.4) is 0 Å². The highest BCUT2D eigenvalue weighted by Crippen LogP contribution is 2.25. The maximum atomic E-state index is 11.9. The van der Waals surface area contributed by atoms with Gasteiger partial charge in [-0.2, -0.15) is 0 Å². The summed E-state index contributed by atoms with van der Waals surface area (Å²) < 4.78 is 10.6. The van der Waals surface area contributed by atoms with Crippen molar-refractivity contribution in [3.63, 3.8) is 0 Å². The molecule has 1 aliphatic rings. The summed E-state index contributed by atoms with van der Waals surface area (Å²) in [6.45, 7) is 9.95. The summed E-state index contributed by atoms with van der Waals surface area (Å²) in [6, 6.07) is 2.34. The van der Waals surface area contributed by atoms with Crippen LogP contribution in [0.1, 0.15) is 83.6 Å². The summed E-state index contributed by atoms with van der Waals surface area (Å²) in [5.41, 5.74) is 1.02. The van der Waals surface area contributed by atoms with Gasteiger partial charge in [-0.15, -0.1) is 0 Å². The van der Waals surface area contributed by atoms with Crippen LogP contribution in [-0.4, -0.2) is 36.3 Å². The molecule has 1 aromatic heterocycles. The average Bonchev–Trinajstić information content (AvgIpc) is 3.17. The van der Waals surface area contributed by atoms with E-state index < -0.39 is 0 Å². The van der Waals surface area contributed by atoms with E-state index in [0.29, 0.717) is 25.1 Å². The molecule has 1 heterocycles. The first-order valence-electron chi connectivity index (χ1n) is 10.8. The molecule has 1 fully saturated rings. The van der Waals surface area contributed by atoms with Gasteiger partial charge in [-0.3, -0.25) is 4.79 Å². The molecule has 0 bridgehead atoms. The predicted molar refractivity (Wildman–Crippen MR) is 110 cm³/mol. The van der Waals surface area contributed by atoms with Crippen molar-refractivity contribution in [1.82, 2.24) is 15.8 Å². The Balaban J connectivity index is 1.88. The van der Waals surface area contributed by atoms with E-state index >= 15 is 0 Å². The van der Waals surface area contributed by atoms with Crippen molar-refractivity contribution in [3.8, 4) is 0 Å². The number of guanidine groups is 1. The fraction of sp³-hybridized carbons (Fsp3) is 0.762. The molecule has 0 atom stereocenters. The van der Waals surface area contributed by atoms with Gasteiger partial charge in [0.1, 0.15) is 6.54 Å². The maximum Gasteiger partial charge on any atom is 0.308 e. The Morgan fingerprint density at radius 2 is 1.96 bits per heavy atom. The quantitative estimate of drug-likeness (QED) is 0.378. The van der Waals surface area contributed by atoms with Crippen LogP contribution in [0, 0.1) is 5.92 Å². The van der Waals surface area contributed by atoms with Gasteiger partial charge in [-0.25, -0.2) is 4.99 Å². The molecule has 7 heteroatoms. The van der Waals surface area contributed by atoms with Gasteiger partial charge in [0.25, 0.3) is 0 Å². The molecule has 0 spiro atoms. The average molecular weight is 393 g/mol. The van der Waals surface area contributed by atoms with Crippen molar-refractivity contribution >= 4 is 11.9 Å². The van der Waals surface area contributed by atoms with Gasteiger partial charge in [0.15, 0.2) is 11.7 Å². The molecular weight excluding hydrogens is 356 g/mol. The third kappa shape index (κ3) is 6.53. The van der Waals surface area contributed by atoms with Crippen molar-refractivity contribution < 1.29 is 14.1 Å². The standard InChI is InChI=1S/C21H36N4O3/c1-5-15(6-2)19-13-18(28-25-19)14-23-21(22-7-3)24-17-11-9-16(10-12-17)20(26)27-8-4/h13,15-17H,5-12,14H2,1-4H3,(H2,22,23,24). The number of aliphatic imine (C=N–C) groups is 1. The topological polar surface area (TPSA) is 88.8 Å². The molecule has 2 N–H and O–H groups in total. The number of hydrogen-bond acceptors (Lipinski definition) is 5. The SMILES string of the molecule is CCNC(=NCc1cc(C(CC)CC)no1)NC1CCC(C(=O)OCC)CC1. The molecule has 28 heavy (non-hydrogen) atoms. The lowest BCUT2D eigenvalue weighted by Gasteiger charge is -2.29. The van der Waals surface area contributed by atoms with E-state index in [1.807, 2.05) is 13.0 Å². The normalized spacial score (nSPS) is 20.2. The largest absolute Gasteiger partial charge is 0.466 e. The van der Waals surface area contributed by atoms with Crippen molar-refractivity contribution in [2.45, 2.75) is 84.7 Å². The number of aromatic nitrogens is 1. The minimum Gasteiger partial charge on any atom is -0.466 e. The Hall–Kier alpha value is -2.05. The first kappa shape index (κ1) is 22.2. The highest BCUT2D eigenvalue weighted by molar-refractivity contribution is 5.80. The summed E-state index contributed by atoms with van der Waals surface area (Å²) in [4.78, 5) is 16.5. The van der Waals surface area contributed by atoms with E-state index in [0.717, 1.165) is 62.5 Å². The Morgan fingerprint density at radius 1 is 1.25 bits per heavy atom. The van der Waals surface area contributed by atoms with E-state index in [9.17, 15) is 4.79 Å². The summed E-state index contributed by atoms with van der Waals surface area (Å²) in [7, 11) is 0. The van der Waals surface area contributed by atoms with Crippen molar-refractivity contribution in [2.75, 3.05) is 13.2 Å². The van der Waals surface area contributed by atoms with Crippen LogP contribution in [0.2, 0.25) is 0 Å². The molecular formula is C21H36N4O3. The molecule has 0 aliphatic heterocycles. The molecule has 1 aliphatic carbocycles. The van der Waals surface area contributed by atoms with Crippen LogP contribution in [-0.2, 0) is 16.1 Å². The third-order valence-corrected chi connectivity index (χ3v) is 5.41. The Labute approximate surface area is 168 Å². The first-order valence-corrected chi connectivity index (χ1v) is 10.8. The Kier molecular flexibility index (Phi) is 9.31. The lowest BCUT2D eigenvalue weighted by molar-refractivity contribution is -0.149. The van der Waals surface area contributed by atoms with E-state index in [-0.39, 0.29) is 11.9 Å². The number of rotatable bonds is 9. The number of hydrogen-bond donors (Lipinski definition) is 2. The smallest absolute Gasteiger partial charge is 0.308 e. The van der Waals surface area contributed by atoms with Crippen molar-refractivity contribution in [2.24, 2.45) is 10.9 Å². The highest BCUT2D eigenvalue weighted by atomic mass is 16.5. The van der Waals surface area contributed by atoms with Gasteiger partial charge in [-0.1, -0.05) is 19.0 Å². The number of nitrogens with zero attached hydrogens (tertiary/aromatic N) is 2. The third-order valence-electron chi connectivity index (χ3n) is 5.41. The molecule has 0 aromatic carbocycles. The molecule has 7 nitrogen and oxygen atoms in total. The summed E-state index contributed by atoms with van der Waals surface area (Å²) >= 11 is 0. The zero-order chi connectivity index (χ0) is 20.4. The van der Waals surface area contributed by atoms with Gasteiger partial charge in [-0.05, 0) is 52.4 Å². The number of carbonyl (C=O) groups is 1. The minimum absolute atomic E-state index is 0.0372. The van der Waals surface area contributed by atoms with Crippen LogP contribution >= 0.6 is 0 Å². The lowest BCUT2D eigenvalue weighted by Crippen LogP contribution is -2.45. The maximum absolute atomic E-state index is 11.9. The van der Waals surface area contributed by atoms with E-state index in [2.05, 4.69) is 41.6 Å². The van der Waals surface area contributed by atoms with Gasteiger partial charge in [0, 0.05) is 24.6 Å². The fourth-order valence-corrected chi connectivity index (χ4v) is 3.71. The van der Waals surface area contributed by atoms with E-state index in [4.69, 9.17) is 9.26 Å². The summed E-state index contributed by atoms with van der Waals surface area (Å²) in [5, 5.41) is 11.0. The van der Waals surface area contributed by atoms with Crippen molar-refractivity contribution in [1.29, 1.82) is 0 Å². The lowest BCUT2D eigenvalue weighted by atomic mass is 9.86. The van der Waals surface area contributed by atoms with E-state index in [1.165, 1.54) is 0 Å². The van der Waals surface area contributed by atoms with Crippen LogP contribution in [0.25, 0.3) is 0 Å². The van der Waals surface area contributed by atoms with Crippen LogP contribution < -0.4 is 10.6 Å². The molecule has 1 saturated carbocycles. The van der Waals surface area contributed by atoms with Crippen LogP contribution in [0.4, 0.5) is 0 Å². The number of carbonyl (C=O) groups excluding carboxylic acids is 1. The molecule has 0 unspecified atom stereocenters. The first-order chi connectivity index (χ1) is 13.6. The molecule has 2 rings (SSSR count). The van der Waals surface area contributed by atoms with E-state index in [1.54, 1.807) is 0 Å². The molecule has 158 valence electrons. The monoisotopic (exact) mass is 392 g/mol.